The fourth-order valence-corrected chi connectivity index (χ4v) is 3.99. The Balaban J connectivity index is 2.91. The lowest BCUT2D eigenvalue weighted by atomic mass is 9.73. The Hall–Kier alpha value is -0.0900. The van der Waals surface area contributed by atoms with Crippen molar-refractivity contribution in [1.29, 1.82) is 0 Å². The molecular weight excluding hydrogens is 198 g/mol. The molecule has 1 aliphatic rings. The van der Waals surface area contributed by atoms with Crippen molar-refractivity contribution in [3.63, 3.8) is 0 Å². The molecule has 1 rings (SSSR count). The first-order valence-corrected chi connectivity index (χ1v) is 7.00. The van der Waals surface area contributed by atoms with Crippen LogP contribution in [0, 0.1) is 5.41 Å². The number of hydrogen-bond donors (Lipinski definition) is 1. The van der Waals surface area contributed by atoms with Crippen LogP contribution >= 0.6 is 0 Å². The third-order valence-corrected chi connectivity index (χ3v) is 5.73. The highest BCUT2D eigenvalue weighted by Crippen LogP contribution is 2.37. The molecule has 0 heterocycles. The van der Waals surface area contributed by atoms with Gasteiger partial charge in [0.15, 0.2) is 9.84 Å². The maximum absolute atomic E-state index is 11.8. The van der Waals surface area contributed by atoms with Gasteiger partial charge in [0.25, 0.3) is 0 Å². The molecule has 1 fully saturated rings. The molecule has 0 aliphatic heterocycles. The fraction of sp³-hybridized carbons (Fsp3) is 1.00. The van der Waals surface area contributed by atoms with E-state index in [4.69, 9.17) is 5.73 Å². The second-order valence-electron chi connectivity index (χ2n) is 4.90. The molecule has 0 aromatic carbocycles. The number of nitrogens with two attached hydrogens (primary N) is 1. The zero-order valence-electron chi connectivity index (χ0n) is 9.29. The van der Waals surface area contributed by atoms with Gasteiger partial charge in [0, 0.05) is 11.8 Å². The van der Waals surface area contributed by atoms with E-state index in [0.29, 0.717) is 0 Å². The van der Waals surface area contributed by atoms with E-state index >= 15 is 0 Å². The van der Waals surface area contributed by atoms with Crippen LogP contribution in [0.15, 0.2) is 0 Å². The van der Waals surface area contributed by atoms with E-state index < -0.39 is 9.84 Å². The van der Waals surface area contributed by atoms with Crippen LogP contribution in [0.5, 0.6) is 0 Å². The van der Waals surface area contributed by atoms with Crippen LogP contribution in [0.2, 0.25) is 0 Å². The minimum Gasteiger partial charge on any atom is -0.326 e. The molecule has 1 saturated carbocycles. The SMILES string of the molecule is CCS(=O)(=O)C1CCCC(C)(C)C1N. The Morgan fingerprint density at radius 3 is 2.50 bits per heavy atom. The molecule has 2 N–H and O–H groups in total. The van der Waals surface area contributed by atoms with Crippen molar-refractivity contribution in [3.05, 3.63) is 0 Å². The van der Waals surface area contributed by atoms with Gasteiger partial charge in [-0.15, -0.1) is 0 Å². The minimum atomic E-state index is -2.97. The summed E-state index contributed by atoms with van der Waals surface area (Å²) in [5.41, 5.74) is 6.00. The van der Waals surface area contributed by atoms with E-state index in [1.807, 2.05) is 0 Å². The molecule has 0 aromatic heterocycles. The van der Waals surface area contributed by atoms with E-state index in [-0.39, 0.29) is 22.5 Å². The Bertz CT molecular complexity index is 295. The van der Waals surface area contributed by atoms with Crippen molar-refractivity contribution in [2.24, 2.45) is 11.1 Å². The van der Waals surface area contributed by atoms with Crippen LogP contribution in [-0.2, 0) is 9.84 Å². The predicted molar refractivity (Wildman–Crippen MR) is 58.9 cm³/mol. The van der Waals surface area contributed by atoms with Crippen LogP contribution in [0.3, 0.4) is 0 Å². The van der Waals surface area contributed by atoms with Gasteiger partial charge in [-0.3, -0.25) is 0 Å². The first-order valence-electron chi connectivity index (χ1n) is 5.28. The van der Waals surface area contributed by atoms with Gasteiger partial charge >= 0.3 is 0 Å². The first-order chi connectivity index (χ1) is 6.31. The first kappa shape index (κ1) is 12.0. The molecule has 1 aliphatic carbocycles. The van der Waals surface area contributed by atoms with E-state index in [2.05, 4.69) is 13.8 Å². The molecule has 84 valence electrons. The van der Waals surface area contributed by atoms with E-state index in [1.165, 1.54) is 0 Å². The molecule has 3 nitrogen and oxygen atoms in total. The average Bonchev–Trinajstić information content (AvgIpc) is 2.09. The van der Waals surface area contributed by atoms with Crippen LogP contribution in [-0.4, -0.2) is 25.5 Å². The van der Waals surface area contributed by atoms with Gasteiger partial charge in [0.05, 0.1) is 5.25 Å². The van der Waals surface area contributed by atoms with Crippen molar-refractivity contribution in [2.45, 2.75) is 51.3 Å². The van der Waals surface area contributed by atoms with Crippen LogP contribution in [0.25, 0.3) is 0 Å². The maximum atomic E-state index is 11.8. The summed E-state index contributed by atoms with van der Waals surface area (Å²) in [7, 11) is -2.97. The zero-order valence-corrected chi connectivity index (χ0v) is 10.1. The highest BCUT2D eigenvalue weighted by Gasteiger charge is 2.41. The number of sulfone groups is 1. The Kier molecular flexibility index (Phi) is 3.26. The van der Waals surface area contributed by atoms with Gasteiger partial charge in [-0.2, -0.15) is 0 Å². The molecule has 0 bridgehead atoms. The van der Waals surface area contributed by atoms with Crippen molar-refractivity contribution >= 4 is 9.84 Å². The molecule has 4 heteroatoms. The standard InChI is InChI=1S/C10H21NO2S/c1-4-14(12,13)8-6-5-7-10(2,3)9(8)11/h8-9H,4-7,11H2,1-3H3. The lowest BCUT2D eigenvalue weighted by Gasteiger charge is -2.41. The summed E-state index contributed by atoms with van der Waals surface area (Å²) in [5.74, 6) is 0.210. The summed E-state index contributed by atoms with van der Waals surface area (Å²) >= 11 is 0. The second-order valence-corrected chi connectivity index (χ2v) is 7.41. The molecule has 2 unspecified atom stereocenters. The monoisotopic (exact) mass is 219 g/mol. The predicted octanol–water partition coefficient (Wildman–Crippen LogP) is 1.33. The second kappa shape index (κ2) is 3.81. The Morgan fingerprint density at radius 1 is 1.43 bits per heavy atom. The van der Waals surface area contributed by atoms with Gasteiger partial charge in [-0.25, -0.2) is 8.42 Å². The highest BCUT2D eigenvalue weighted by atomic mass is 32.2. The summed E-state index contributed by atoms with van der Waals surface area (Å²) in [5, 5.41) is -0.323. The molecule has 0 amide bonds. The topological polar surface area (TPSA) is 60.2 Å². The molecule has 0 spiro atoms. The van der Waals surface area contributed by atoms with Crippen molar-refractivity contribution in [3.8, 4) is 0 Å². The minimum absolute atomic E-state index is 0.0366. The summed E-state index contributed by atoms with van der Waals surface area (Å²) in [6, 6.07) is -0.207. The Labute approximate surface area is 87.0 Å². The van der Waals surface area contributed by atoms with Gasteiger partial charge < -0.3 is 5.73 Å². The van der Waals surface area contributed by atoms with Crippen LogP contribution in [0.4, 0.5) is 0 Å². The van der Waals surface area contributed by atoms with Gasteiger partial charge in [0.2, 0.25) is 0 Å². The van der Waals surface area contributed by atoms with Crippen LogP contribution < -0.4 is 5.73 Å². The number of hydrogen-bond acceptors (Lipinski definition) is 3. The average molecular weight is 219 g/mol. The highest BCUT2D eigenvalue weighted by molar-refractivity contribution is 7.92. The van der Waals surface area contributed by atoms with E-state index in [0.717, 1.165) is 19.3 Å². The van der Waals surface area contributed by atoms with Crippen molar-refractivity contribution in [1.82, 2.24) is 0 Å². The number of rotatable bonds is 2. The largest absolute Gasteiger partial charge is 0.326 e. The lowest BCUT2D eigenvalue weighted by Crippen LogP contribution is -2.53. The molecule has 0 radical (unpaired) electrons. The van der Waals surface area contributed by atoms with Gasteiger partial charge in [-0.05, 0) is 18.3 Å². The summed E-state index contributed by atoms with van der Waals surface area (Å²) in [6.07, 6.45) is 2.75. The third kappa shape index (κ3) is 2.11. The van der Waals surface area contributed by atoms with Crippen LogP contribution in [0.1, 0.15) is 40.0 Å². The Morgan fingerprint density at radius 2 is 2.00 bits per heavy atom. The molecule has 0 aromatic rings. The quantitative estimate of drug-likeness (QED) is 0.762. The smallest absolute Gasteiger partial charge is 0.154 e. The van der Waals surface area contributed by atoms with Gasteiger partial charge in [0.1, 0.15) is 0 Å². The van der Waals surface area contributed by atoms with Gasteiger partial charge in [-0.1, -0.05) is 27.2 Å². The molecule has 14 heavy (non-hydrogen) atoms. The van der Waals surface area contributed by atoms with Crippen molar-refractivity contribution in [2.75, 3.05) is 5.75 Å². The third-order valence-electron chi connectivity index (χ3n) is 3.48. The maximum Gasteiger partial charge on any atom is 0.154 e. The van der Waals surface area contributed by atoms with E-state index in [1.54, 1.807) is 6.92 Å². The summed E-state index contributed by atoms with van der Waals surface area (Å²) in [4.78, 5) is 0. The van der Waals surface area contributed by atoms with E-state index in [9.17, 15) is 8.42 Å². The molecule has 2 atom stereocenters. The fourth-order valence-electron chi connectivity index (χ4n) is 2.23. The van der Waals surface area contributed by atoms with Crippen molar-refractivity contribution < 1.29 is 8.42 Å². The summed E-state index contributed by atoms with van der Waals surface area (Å²) < 4.78 is 23.5. The molecule has 0 saturated heterocycles. The molecular formula is C10H21NO2S. The zero-order chi connectivity index (χ0) is 11.0. The summed E-state index contributed by atoms with van der Waals surface area (Å²) in [6.45, 7) is 5.83. The lowest BCUT2D eigenvalue weighted by molar-refractivity contribution is 0.204. The normalized spacial score (nSPS) is 32.9.